The molecule has 2 fully saturated rings. The molecule has 0 saturated carbocycles. The second kappa shape index (κ2) is 17.9. The highest BCUT2D eigenvalue weighted by Gasteiger charge is 2.27. The van der Waals surface area contributed by atoms with Crippen molar-refractivity contribution in [3.8, 4) is 5.88 Å². The highest BCUT2D eigenvalue weighted by Crippen LogP contribution is 2.31. The van der Waals surface area contributed by atoms with E-state index < -0.39 is 17.4 Å². The Bertz CT molecular complexity index is 1870. The predicted octanol–water partition coefficient (Wildman–Crippen LogP) is 7.38. The Morgan fingerprint density at radius 1 is 1.06 bits per heavy atom. The lowest BCUT2D eigenvalue weighted by Gasteiger charge is -2.31. The zero-order chi connectivity index (χ0) is 38.2. The van der Waals surface area contributed by atoms with E-state index in [1.165, 1.54) is 12.5 Å². The minimum atomic E-state index is -0.952. The number of aromatic carboxylic acids is 1. The standard InChI is InChI=1S/C37H47FN5O5P.C3H6O/c1-36(2,48-23-37(3,4)49-6)20-33(44)39-27-12-10-26(28(38)19-27)22-47-34-9-7-8-29(41-34)24-14-16-43(17-15-24)21-32-40-30-13-11-25(35(45)46)18-31(30)42(32)5;1-2-4-3-1/h7-13,18-19,24,49H,14-17,20-23H2,1-6H3,(H,39,44)(H,45,46);1-3H2. The number of hydrogen-bond acceptors (Lipinski definition) is 8. The maximum Gasteiger partial charge on any atom is 0.335 e. The molecule has 2 aliphatic rings. The highest BCUT2D eigenvalue weighted by atomic mass is 31.1. The minimum Gasteiger partial charge on any atom is -0.478 e. The van der Waals surface area contributed by atoms with E-state index in [1.807, 2.05) is 37.6 Å². The molecule has 2 aromatic carbocycles. The number of pyridine rings is 1. The minimum absolute atomic E-state index is 0.00961. The van der Waals surface area contributed by atoms with Gasteiger partial charge in [-0.3, -0.25) is 9.69 Å². The van der Waals surface area contributed by atoms with Gasteiger partial charge in [0, 0.05) is 54.3 Å². The summed E-state index contributed by atoms with van der Waals surface area (Å²) in [6, 6.07) is 15.3. The molecule has 11 nitrogen and oxygen atoms in total. The molecule has 4 heterocycles. The first kappa shape index (κ1) is 40.2. The molecule has 0 bridgehead atoms. The van der Waals surface area contributed by atoms with E-state index in [-0.39, 0.29) is 35.6 Å². The number of rotatable bonds is 14. The molecule has 1 atom stereocenters. The first-order valence-electron chi connectivity index (χ1n) is 18.2. The van der Waals surface area contributed by atoms with Crippen LogP contribution in [0.25, 0.3) is 11.0 Å². The summed E-state index contributed by atoms with van der Waals surface area (Å²) in [5.41, 5.74) is 2.90. The van der Waals surface area contributed by atoms with Crippen LogP contribution in [0.1, 0.15) is 86.7 Å². The van der Waals surface area contributed by atoms with Gasteiger partial charge in [-0.05, 0) is 89.3 Å². The van der Waals surface area contributed by atoms with Gasteiger partial charge in [-0.1, -0.05) is 26.0 Å². The molecule has 0 spiro atoms. The SMILES string of the molecule is C1COC1.CPC(C)(C)COC(C)(C)CC(=O)Nc1ccc(COc2cccc(C3CCN(Cc4nc5ccc(C(=O)O)cc5n4C)CC3)n2)c(F)c1. The van der Waals surface area contributed by atoms with Gasteiger partial charge in [0.15, 0.2) is 0 Å². The zero-order valence-electron chi connectivity index (χ0n) is 31.7. The molecule has 2 N–H and O–H groups in total. The van der Waals surface area contributed by atoms with Crippen molar-refractivity contribution in [1.82, 2.24) is 19.4 Å². The molecule has 1 unspecified atom stereocenters. The van der Waals surface area contributed by atoms with Crippen LogP contribution in [0.4, 0.5) is 10.1 Å². The summed E-state index contributed by atoms with van der Waals surface area (Å²) in [5, 5.41) is 12.2. The number of carboxylic acid groups (broad SMARTS) is 1. The molecule has 0 radical (unpaired) electrons. The van der Waals surface area contributed by atoms with Crippen LogP contribution in [-0.2, 0) is 34.5 Å². The lowest BCUT2D eigenvalue weighted by molar-refractivity contribution is -0.122. The molecule has 2 aromatic heterocycles. The van der Waals surface area contributed by atoms with E-state index in [1.54, 1.807) is 36.4 Å². The maximum atomic E-state index is 15.0. The zero-order valence-corrected chi connectivity index (χ0v) is 32.7. The molecule has 286 valence electrons. The van der Waals surface area contributed by atoms with Gasteiger partial charge >= 0.3 is 5.97 Å². The molecular formula is C40H53FN5O6P. The third-order valence-corrected chi connectivity index (χ3v) is 11.2. The third kappa shape index (κ3) is 11.5. The van der Waals surface area contributed by atoms with Gasteiger partial charge in [-0.25, -0.2) is 19.2 Å². The van der Waals surface area contributed by atoms with Crippen molar-refractivity contribution in [1.29, 1.82) is 0 Å². The van der Waals surface area contributed by atoms with Crippen LogP contribution in [0.5, 0.6) is 5.88 Å². The second-order valence-electron chi connectivity index (χ2n) is 15.0. The number of anilines is 1. The number of nitrogens with one attached hydrogen (secondary N) is 1. The summed E-state index contributed by atoms with van der Waals surface area (Å²) in [7, 11) is 2.65. The molecule has 0 aliphatic carbocycles. The van der Waals surface area contributed by atoms with Gasteiger partial charge in [-0.15, -0.1) is 8.58 Å². The number of carbonyl (C=O) groups excluding carboxylic acids is 1. The lowest BCUT2D eigenvalue weighted by atomic mass is 9.93. The fourth-order valence-corrected chi connectivity index (χ4v) is 6.19. The van der Waals surface area contributed by atoms with Crippen molar-refractivity contribution in [2.24, 2.45) is 7.05 Å². The summed E-state index contributed by atoms with van der Waals surface area (Å²) >= 11 is 0. The highest BCUT2D eigenvalue weighted by molar-refractivity contribution is 7.39. The number of aromatic nitrogens is 3. The molecule has 2 saturated heterocycles. The van der Waals surface area contributed by atoms with Crippen LogP contribution in [-0.4, -0.2) is 86.8 Å². The number of likely N-dealkylation sites (tertiary alicyclic amines) is 1. The second-order valence-corrected chi connectivity index (χ2v) is 16.9. The summed E-state index contributed by atoms with van der Waals surface area (Å²) in [5.74, 6) is -0.0542. The summed E-state index contributed by atoms with van der Waals surface area (Å²) in [6.07, 6.45) is 3.28. The molecule has 13 heteroatoms. The van der Waals surface area contributed by atoms with Crippen LogP contribution in [0.3, 0.4) is 0 Å². The first-order chi connectivity index (χ1) is 25.2. The average Bonchev–Trinajstić information content (AvgIpc) is 3.40. The molecule has 1 amide bonds. The van der Waals surface area contributed by atoms with Crippen LogP contribution < -0.4 is 10.1 Å². The molecular weight excluding hydrogens is 696 g/mol. The van der Waals surface area contributed by atoms with Crippen molar-refractivity contribution in [2.45, 2.75) is 83.2 Å². The van der Waals surface area contributed by atoms with Crippen LogP contribution in [0.15, 0.2) is 54.6 Å². The Labute approximate surface area is 313 Å². The number of carboxylic acids is 1. The summed E-state index contributed by atoms with van der Waals surface area (Å²) < 4.78 is 33.7. The van der Waals surface area contributed by atoms with Crippen LogP contribution >= 0.6 is 8.58 Å². The third-order valence-electron chi connectivity index (χ3n) is 9.71. The Balaban J connectivity index is 0.00000127. The van der Waals surface area contributed by atoms with Crippen molar-refractivity contribution < 1.29 is 33.3 Å². The van der Waals surface area contributed by atoms with E-state index in [0.717, 1.165) is 70.3 Å². The lowest BCUT2D eigenvalue weighted by Crippen LogP contribution is -2.35. The van der Waals surface area contributed by atoms with Crippen molar-refractivity contribution in [3.05, 3.63) is 83.1 Å². The van der Waals surface area contributed by atoms with Gasteiger partial charge in [0.2, 0.25) is 11.8 Å². The van der Waals surface area contributed by atoms with Crippen molar-refractivity contribution in [3.63, 3.8) is 0 Å². The van der Waals surface area contributed by atoms with Gasteiger partial charge in [0.05, 0.1) is 41.8 Å². The number of hydrogen-bond donors (Lipinski definition) is 2. The molecule has 4 aromatic rings. The Hall–Kier alpha value is -3.96. The monoisotopic (exact) mass is 749 g/mol. The van der Waals surface area contributed by atoms with Crippen LogP contribution in [0.2, 0.25) is 0 Å². The molecule has 6 rings (SSSR count). The average molecular weight is 750 g/mol. The largest absolute Gasteiger partial charge is 0.478 e. The number of halogens is 1. The fraction of sp³-hybridized carbons (Fsp3) is 0.500. The Morgan fingerprint density at radius 2 is 1.77 bits per heavy atom. The first-order valence-corrected chi connectivity index (χ1v) is 19.7. The number of carbonyl (C=O) groups is 2. The number of fused-ring (bicyclic) bond motifs is 1. The van der Waals surface area contributed by atoms with E-state index >= 15 is 4.39 Å². The predicted molar refractivity (Wildman–Crippen MR) is 207 cm³/mol. The number of piperidine rings is 1. The maximum absolute atomic E-state index is 15.0. The number of amides is 1. The van der Waals surface area contributed by atoms with Crippen molar-refractivity contribution >= 4 is 37.2 Å². The number of imidazole rings is 1. The van der Waals surface area contributed by atoms with E-state index in [2.05, 4.69) is 30.7 Å². The molecule has 2 aliphatic heterocycles. The van der Waals surface area contributed by atoms with E-state index in [9.17, 15) is 14.7 Å². The van der Waals surface area contributed by atoms with Gasteiger partial charge in [0.25, 0.3) is 0 Å². The Kier molecular flexibility index (Phi) is 13.6. The summed E-state index contributed by atoms with van der Waals surface area (Å²) in [4.78, 5) is 35.9. The normalized spacial score (nSPS) is 15.6. The number of benzene rings is 2. The Morgan fingerprint density at radius 3 is 2.42 bits per heavy atom. The quantitative estimate of drug-likeness (QED) is 0.127. The number of nitrogens with zero attached hydrogens (tertiary/aromatic N) is 4. The number of ether oxygens (including phenoxy) is 3. The van der Waals surface area contributed by atoms with E-state index in [4.69, 9.17) is 24.2 Å². The summed E-state index contributed by atoms with van der Waals surface area (Å²) in [6.45, 7) is 15.2. The van der Waals surface area contributed by atoms with Crippen molar-refractivity contribution in [2.75, 3.05) is 44.9 Å². The molecule has 53 heavy (non-hydrogen) atoms. The van der Waals surface area contributed by atoms with Crippen LogP contribution in [0, 0.1) is 5.82 Å². The smallest absolute Gasteiger partial charge is 0.335 e. The van der Waals surface area contributed by atoms with Gasteiger partial charge in [0.1, 0.15) is 18.2 Å². The van der Waals surface area contributed by atoms with E-state index in [0.29, 0.717) is 30.3 Å². The van der Waals surface area contributed by atoms with Gasteiger partial charge in [-0.2, -0.15) is 0 Å². The van der Waals surface area contributed by atoms with Gasteiger partial charge < -0.3 is 29.2 Å². The topological polar surface area (TPSA) is 128 Å². The number of aryl methyl sites for hydroxylation is 1. The fourth-order valence-electron chi connectivity index (χ4n) is 5.97.